The number of halogens is 1. The summed E-state index contributed by atoms with van der Waals surface area (Å²) in [7, 11) is -0.750. The third-order valence-electron chi connectivity index (χ3n) is 6.48. The number of rotatable bonds is 2. The van der Waals surface area contributed by atoms with E-state index in [1.807, 2.05) is 59.4 Å². The fraction of sp³-hybridized carbons (Fsp3) is 0.667. The smallest absolute Gasteiger partial charge is 0.465 e. The third kappa shape index (κ3) is 4.10. The third-order valence-corrected chi connectivity index (χ3v) is 6.48. The van der Waals surface area contributed by atoms with Crippen molar-refractivity contribution in [2.24, 2.45) is 5.41 Å². The Morgan fingerprint density at radius 2 is 1.76 bits per heavy atom. The topological polar surface area (TPSA) is 62.2 Å². The number of hydrogen-bond donors (Lipinski definition) is 1. The summed E-state index contributed by atoms with van der Waals surface area (Å²) in [6, 6.07) is 4.89. The number of piperazine rings is 1. The lowest BCUT2D eigenvalue weighted by Crippen LogP contribution is -2.59. The largest absolute Gasteiger partial charge is 0.497 e. The predicted octanol–water partition coefficient (Wildman–Crippen LogP) is 3.34. The van der Waals surface area contributed by atoms with Gasteiger partial charge in [0.1, 0.15) is 5.82 Å². The molecule has 1 unspecified atom stereocenters. The van der Waals surface area contributed by atoms with Gasteiger partial charge < -0.3 is 24.2 Å². The summed E-state index contributed by atoms with van der Waals surface area (Å²) in [6.07, 6.45) is -0.910. The minimum Gasteiger partial charge on any atom is -0.465 e. The van der Waals surface area contributed by atoms with Gasteiger partial charge in [0.05, 0.1) is 17.2 Å². The lowest BCUT2D eigenvalue weighted by molar-refractivity contribution is 0.00578. The molecule has 2 aliphatic rings. The molecule has 2 aliphatic heterocycles. The summed E-state index contributed by atoms with van der Waals surface area (Å²) in [4.78, 5) is 15.2. The van der Waals surface area contributed by atoms with Crippen LogP contribution in [0.25, 0.3) is 0 Å². The van der Waals surface area contributed by atoms with Crippen molar-refractivity contribution in [3.8, 4) is 0 Å². The van der Waals surface area contributed by atoms with Crippen LogP contribution in [0.5, 0.6) is 0 Å². The van der Waals surface area contributed by atoms with Gasteiger partial charge >= 0.3 is 13.2 Å². The lowest BCUT2D eigenvalue weighted by Gasteiger charge is -2.46. The Kier molecular flexibility index (Phi) is 5.41. The van der Waals surface area contributed by atoms with Crippen molar-refractivity contribution in [1.29, 1.82) is 0 Å². The molecule has 1 aromatic rings. The number of amides is 1. The normalized spacial score (nSPS) is 24.1. The van der Waals surface area contributed by atoms with Gasteiger partial charge in [-0.1, -0.05) is 26.8 Å². The fourth-order valence-electron chi connectivity index (χ4n) is 3.86. The van der Waals surface area contributed by atoms with Crippen molar-refractivity contribution >= 4 is 24.4 Å². The summed E-state index contributed by atoms with van der Waals surface area (Å²) < 4.78 is 26.9. The molecule has 1 aromatic carbocycles. The summed E-state index contributed by atoms with van der Waals surface area (Å²) >= 11 is 0. The standard InChI is InChI=1S/C21H32BFN2O4/c1-19(2,3)17-13-24(10-11-25(17)18(26)27)14-8-9-15(16(23)12-14)22-28-20(4,5)21(6,7)29-22/h8-9,12,17H,10-11,13H2,1-7H3,(H,26,27). The summed E-state index contributed by atoms with van der Waals surface area (Å²) in [5.74, 6) is -0.381. The van der Waals surface area contributed by atoms with Gasteiger partial charge in [-0.15, -0.1) is 0 Å². The van der Waals surface area contributed by atoms with Crippen molar-refractivity contribution < 1.29 is 23.6 Å². The molecule has 2 fully saturated rings. The van der Waals surface area contributed by atoms with Crippen LogP contribution in [0.3, 0.4) is 0 Å². The summed E-state index contributed by atoms with van der Waals surface area (Å²) in [5, 5.41) is 9.53. The van der Waals surface area contributed by atoms with Gasteiger partial charge in [0.15, 0.2) is 0 Å². The van der Waals surface area contributed by atoms with Crippen LogP contribution < -0.4 is 10.4 Å². The van der Waals surface area contributed by atoms with Crippen molar-refractivity contribution in [2.45, 2.75) is 65.7 Å². The average Bonchev–Trinajstić information content (AvgIpc) is 2.80. The number of carbonyl (C=O) groups is 1. The van der Waals surface area contributed by atoms with E-state index in [1.165, 1.54) is 11.0 Å². The zero-order chi connectivity index (χ0) is 21.8. The van der Waals surface area contributed by atoms with Gasteiger partial charge in [0.25, 0.3) is 0 Å². The Hall–Kier alpha value is -1.80. The van der Waals surface area contributed by atoms with Crippen LogP contribution in [0.4, 0.5) is 14.9 Å². The molecule has 0 aliphatic carbocycles. The first-order chi connectivity index (χ1) is 13.2. The number of anilines is 1. The van der Waals surface area contributed by atoms with Crippen molar-refractivity contribution in [3.05, 3.63) is 24.0 Å². The Bertz CT molecular complexity index is 777. The predicted molar refractivity (Wildman–Crippen MR) is 112 cm³/mol. The molecule has 1 atom stereocenters. The molecular weight excluding hydrogens is 374 g/mol. The fourth-order valence-corrected chi connectivity index (χ4v) is 3.86. The second kappa shape index (κ2) is 7.16. The van der Waals surface area contributed by atoms with E-state index in [4.69, 9.17) is 9.31 Å². The molecule has 3 rings (SSSR count). The van der Waals surface area contributed by atoms with Crippen LogP contribution in [0, 0.1) is 11.2 Å². The molecule has 0 radical (unpaired) electrons. The minimum atomic E-state index is -0.910. The van der Waals surface area contributed by atoms with E-state index in [2.05, 4.69) is 0 Å². The first kappa shape index (κ1) is 21.9. The van der Waals surface area contributed by atoms with Crippen LogP contribution in [-0.4, -0.2) is 60.1 Å². The van der Waals surface area contributed by atoms with E-state index in [1.54, 1.807) is 6.07 Å². The Morgan fingerprint density at radius 3 is 2.24 bits per heavy atom. The molecule has 2 heterocycles. The molecule has 1 amide bonds. The SMILES string of the molecule is CC(C)(C)C1CN(c2ccc(B3OC(C)(C)C(C)(C)O3)c(F)c2)CCN1C(=O)O. The van der Waals surface area contributed by atoms with Crippen LogP contribution in [0.1, 0.15) is 48.5 Å². The Balaban J connectivity index is 1.81. The first-order valence-corrected chi connectivity index (χ1v) is 10.1. The van der Waals surface area contributed by atoms with E-state index in [0.717, 1.165) is 5.69 Å². The van der Waals surface area contributed by atoms with Crippen LogP contribution in [0.15, 0.2) is 18.2 Å². The number of hydrogen-bond acceptors (Lipinski definition) is 4. The van der Waals surface area contributed by atoms with Gasteiger partial charge in [-0.2, -0.15) is 0 Å². The van der Waals surface area contributed by atoms with Crippen molar-refractivity contribution in [1.82, 2.24) is 4.90 Å². The lowest BCUT2D eigenvalue weighted by atomic mass is 9.78. The molecule has 29 heavy (non-hydrogen) atoms. The van der Waals surface area contributed by atoms with Gasteiger partial charge in [0, 0.05) is 30.8 Å². The van der Waals surface area contributed by atoms with Crippen LogP contribution in [-0.2, 0) is 9.31 Å². The summed E-state index contributed by atoms with van der Waals surface area (Å²) in [5.41, 5.74) is -0.171. The number of carboxylic acid groups (broad SMARTS) is 1. The molecular formula is C21H32BFN2O4. The second-order valence-electron chi connectivity index (χ2n) is 10.1. The van der Waals surface area contributed by atoms with Gasteiger partial charge in [-0.25, -0.2) is 9.18 Å². The first-order valence-electron chi connectivity index (χ1n) is 10.1. The highest BCUT2D eigenvalue weighted by atomic mass is 19.1. The molecule has 1 N–H and O–H groups in total. The van der Waals surface area contributed by atoms with E-state index in [-0.39, 0.29) is 17.3 Å². The second-order valence-corrected chi connectivity index (χ2v) is 10.1. The summed E-state index contributed by atoms with van der Waals surface area (Å²) in [6.45, 7) is 15.3. The minimum absolute atomic E-state index is 0.181. The maximum atomic E-state index is 15.0. The van der Waals surface area contributed by atoms with E-state index >= 15 is 4.39 Å². The molecule has 0 saturated carbocycles. The molecule has 2 saturated heterocycles. The maximum absolute atomic E-state index is 15.0. The molecule has 6 nitrogen and oxygen atoms in total. The van der Waals surface area contributed by atoms with E-state index in [0.29, 0.717) is 25.1 Å². The highest BCUT2D eigenvalue weighted by Gasteiger charge is 2.52. The van der Waals surface area contributed by atoms with Crippen molar-refractivity contribution in [3.63, 3.8) is 0 Å². The average molecular weight is 406 g/mol. The van der Waals surface area contributed by atoms with Gasteiger partial charge in [0.2, 0.25) is 0 Å². The highest BCUT2D eigenvalue weighted by molar-refractivity contribution is 6.62. The van der Waals surface area contributed by atoms with E-state index < -0.39 is 24.4 Å². The monoisotopic (exact) mass is 406 g/mol. The molecule has 160 valence electrons. The zero-order valence-electron chi connectivity index (χ0n) is 18.5. The maximum Gasteiger partial charge on any atom is 0.497 e. The van der Waals surface area contributed by atoms with Gasteiger partial charge in [-0.3, -0.25) is 0 Å². The number of benzene rings is 1. The Morgan fingerprint density at radius 1 is 1.17 bits per heavy atom. The number of nitrogens with zero attached hydrogens (tertiary/aromatic N) is 2. The zero-order valence-corrected chi connectivity index (χ0v) is 18.5. The highest BCUT2D eigenvalue weighted by Crippen LogP contribution is 2.37. The molecule has 0 aromatic heterocycles. The molecule has 0 spiro atoms. The Labute approximate surface area is 173 Å². The quantitative estimate of drug-likeness (QED) is 0.764. The van der Waals surface area contributed by atoms with Crippen LogP contribution >= 0.6 is 0 Å². The molecule has 8 heteroatoms. The van der Waals surface area contributed by atoms with Crippen LogP contribution in [0.2, 0.25) is 0 Å². The van der Waals surface area contributed by atoms with E-state index in [9.17, 15) is 9.90 Å². The molecule has 0 bridgehead atoms. The van der Waals surface area contributed by atoms with Crippen molar-refractivity contribution in [2.75, 3.05) is 24.5 Å². The van der Waals surface area contributed by atoms with Gasteiger partial charge in [-0.05, 0) is 45.2 Å².